The molecule has 1 amide bonds. The molecule has 0 saturated carbocycles. The van der Waals surface area contributed by atoms with Gasteiger partial charge >= 0.3 is 0 Å². The van der Waals surface area contributed by atoms with E-state index in [-0.39, 0.29) is 12.5 Å². The predicted molar refractivity (Wildman–Crippen MR) is 267 cm³/mol. The van der Waals surface area contributed by atoms with Crippen molar-refractivity contribution < 1.29 is 15.0 Å². The molecule has 0 bridgehead atoms. The molecule has 0 unspecified atom stereocenters. The number of allylic oxidation sites excluding steroid dienone is 1. The number of amides is 1. The molecule has 4 heteroatoms. The minimum absolute atomic E-state index is 0.0575. The molecule has 0 aliphatic rings. The van der Waals surface area contributed by atoms with Gasteiger partial charge in [0.25, 0.3) is 0 Å². The summed E-state index contributed by atoms with van der Waals surface area (Å²) in [6.07, 6.45) is 68.2. The van der Waals surface area contributed by atoms with Crippen LogP contribution in [0, 0.1) is 0 Å². The van der Waals surface area contributed by atoms with Gasteiger partial charge in [-0.15, -0.1) is 0 Å². The molecule has 0 aromatic heterocycles. The first-order valence-corrected chi connectivity index (χ1v) is 27.9. The van der Waals surface area contributed by atoms with Crippen LogP contribution in [0.1, 0.15) is 322 Å². The lowest BCUT2D eigenvalue weighted by molar-refractivity contribution is -0.123. The minimum Gasteiger partial charge on any atom is -0.394 e. The van der Waals surface area contributed by atoms with Crippen molar-refractivity contribution in [2.75, 3.05) is 6.61 Å². The lowest BCUT2D eigenvalue weighted by Crippen LogP contribution is -2.45. The van der Waals surface area contributed by atoms with Gasteiger partial charge in [0.05, 0.1) is 18.8 Å². The quantitative estimate of drug-likeness (QED) is 0.0422. The Morgan fingerprint density at radius 3 is 0.867 bits per heavy atom. The molecule has 0 aromatic rings. The SMILES string of the molecule is CCCCCCCCCCCCC/C=C/[C@@H](O)[C@H](CO)NC(=O)CCCCCCCCCCCCCCCCCCCCCCCCCCCCCCCCCCCCC. The standard InChI is InChI=1S/C56H111NO3/c1-3-5-7-9-11-13-15-17-18-19-20-21-22-23-24-25-26-27-28-29-30-31-32-33-34-35-36-37-38-40-42-44-46-48-50-52-56(60)57-54(53-58)55(59)51-49-47-45-43-41-39-16-14-12-10-8-6-4-2/h49,51,54-55,58-59H,3-48,50,52-53H2,1-2H3,(H,57,60)/b51-49+/t54-,55+/m0/s1. The molecule has 60 heavy (non-hydrogen) atoms. The van der Waals surface area contributed by atoms with Crippen molar-refractivity contribution in [3.8, 4) is 0 Å². The van der Waals surface area contributed by atoms with Crippen molar-refractivity contribution in [1.29, 1.82) is 0 Å². The molecule has 0 rings (SSSR count). The normalized spacial score (nSPS) is 12.8. The molecule has 0 spiro atoms. The van der Waals surface area contributed by atoms with E-state index in [4.69, 9.17) is 0 Å². The Bertz CT molecular complexity index is 829. The zero-order valence-corrected chi connectivity index (χ0v) is 41.3. The van der Waals surface area contributed by atoms with Gasteiger partial charge < -0.3 is 15.5 Å². The van der Waals surface area contributed by atoms with Crippen LogP contribution in [0.2, 0.25) is 0 Å². The highest BCUT2D eigenvalue weighted by Crippen LogP contribution is 2.18. The highest BCUT2D eigenvalue weighted by atomic mass is 16.3. The van der Waals surface area contributed by atoms with E-state index in [9.17, 15) is 15.0 Å². The number of carbonyl (C=O) groups excluding carboxylic acids is 1. The maximum absolute atomic E-state index is 12.4. The Labute approximate surface area is 377 Å². The van der Waals surface area contributed by atoms with Crippen LogP contribution < -0.4 is 5.32 Å². The molecule has 3 N–H and O–H groups in total. The van der Waals surface area contributed by atoms with Crippen LogP contribution in [0.15, 0.2) is 12.2 Å². The molecule has 0 fully saturated rings. The molecular weight excluding hydrogens is 735 g/mol. The van der Waals surface area contributed by atoms with E-state index in [1.165, 1.54) is 276 Å². The summed E-state index contributed by atoms with van der Waals surface area (Å²) in [7, 11) is 0. The van der Waals surface area contributed by atoms with Gasteiger partial charge in [0.15, 0.2) is 0 Å². The molecule has 4 nitrogen and oxygen atoms in total. The van der Waals surface area contributed by atoms with Gasteiger partial charge in [0.2, 0.25) is 5.91 Å². The second-order valence-electron chi connectivity index (χ2n) is 19.4. The van der Waals surface area contributed by atoms with Crippen molar-refractivity contribution >= 4 is 5.91 Å². The molecule has 0 aliphatic heterocycles. The molecule has 0 saturated heterocycles. The summed E-state index contributed by atoms with van der Waals surface area (Å²) in [4.78, 5) is 12.4. The molecule has 358 valence electrons. The topological polar surface area (TPSA) is 69.6 Å². The third-order valence-electron chi connectivity index (χ3n) is 13.3. The van der Waals surface area contributed by atoms with Gasteiger partial charge in [-0.3, -0.25) is 4.79 Å². The van der Waals surface area contributed by atoms with Gasteiger partial charge in [-0.05, 0) is 19.3 Å². The van der Waals surface area contributed by atoms with E-state index in [2.05, 4.69) is 19.2 Å². The van der Waals surface area contributed by atoms with E-state index in [1.54, 1.807) is 6.08 Å². The molecule has 0 aromatic carbocycles. The Hall–Kier alpha value is -0.870. The van der Waals surface area contributed by atoms with Crippen LogP contribution in [-0.4, -0.2) is 34.9 Å². The van der Waals surface area contributed by atoms with Crippen LogP contribution in [0.4, 0.5) is 0 Å². The van der Waals surface area contributed by atoms with Gasteiger partial charge in [0, 0.05) is 6.42 Å². The van der Waals surface area contributed by atoms with Crippen LogP contribution >= 0.6 is 0 Å². The summed E-state index contributed by atoms with van der Waals surface area (Å²) in [6.45, 7) is 4.33. The number of nitrogens with one attached hydrogen (secondary N) is 1. The van der Waals surface area contributed by atoms with Crippen molar-refractivity contribution in [2.45, 2.75) is 334 Å². The van der Waals surface area contributed by atoms with E-state index in [1.807, 2.05) is 6.08 Å². The van der Waals surface area contributed by atoms with Crippen molar-refractivity contribution in [2.24, 2.45) is 0 Å². The number of rotatable bonds is 52. The van der Waals surface area contributed by atoms with Gasteiger partial charge in [-0.25, -0.2) is 0 Å². The summed E-state index contributed by atoms with van der Waals surface area (Å²) >= 11 is 0. The number of aliphatic hydroxyl groups is 2. The Morgan fingerprint density at radius 2 is 0.617 bits per heavy atom. The fourth-order valence-electron chi connectivity index (χ4n) is 9.01. The number of aliphatic hydroxyl groups excluding tert-OH is 2. The van der Waals surface area contributed by atoms with Gasteiger partial charge in [0.1, 0.15) is 0 Å². The molecule has 2 atom stereocenters. The Balaban J connectivity index is 3.36. The summed E-state index contributed by atoms with van der Waals surface area (Å²) in [5, 5.41) is 23.1. The second-order valence-corrected chi connectivity index (χ2v) is 19.4. The first-order valence-electron chi connectivity index (χ1n) is 27.9. The molecule has 0 radical (unpaired) electrons. The second kappa shape index (κ2) is 52.5. The van der Waals surface area contributed by atoms with Gasteiger partial charge in [-0.2, -0.15) is 0 Å². The summed E-state index contributed by atoms with van der Waals surface area (Å²) in [6, 6.07) is -0.617. The Morgan fingerprint density at radius 1 is 0.383 bits per heavy atom. The minimum atomic E-state index is -0.834. The maximum Gasteiger partial charge on any atom is 0.220 e. The maximum atomic E-state index is 12.4. The summed E-state index contributed by atoms with van der Waals surface area (Å²) in [5.41, 5.74) is 0. The third-order valence-corrected chi connectivity index (χ3v) is 13.3. The van der Waals surface area contributed by atoms with Crippen LogP contribution in [-0.2, 0) is 4.79 Å². The fraction of sp³-hybridized carbons (Fsp3) is 0.946. The average Bonchev–Trinajstić information content (AvgIpc) is 3.25. The highest BCUT2D eigenvalue weighted by molar-refractivity contribution is 5.76. The van der Waals surface area contributed by atoms with E-state index < -0.39 is 12.1 Å². The van der Waals surface area contributed by atoms with E-state index >= 15 is 0 Å². The number of hydrogen-bond donors (Lipinski definition) is 3. The van der Waals surface area contributed by atoms with Crippen LogP contribution in [0.5, 0.6) is 0 Å². The first kappa shape index (κ1) is 59.1. The molecule has 0 heterocycles. The zero-order valence-electron chi connectivity index (χ0n) is 41.3. The number of hydrogen-bond acceptors (Lipinski definition) is 3. The monoisotopic (exact) mass is 846 g/mol. The summed E-state index contributed by atoms with van der Waals surface area (Å²) < 4.78 is 0. The number of unbranched alkanes of at least 4 members (excludes halogenated alkanes) is 45. The highest BCUT2D eigenvalue weighted by Gasteiger charge is 2.18. The van der Waals surface area contributed by atoms with Crippen LogP contribution in [0.3, 0.4) is 0 Å². The number of carbonyl (C=O) groups is 1. The zero-order chi connectivity index (χ0) is 43.5. The van der Waals surface area contributed by atoms with Crippen molar-refractivity contribution in [3.05, 3.63) is 12.2 Å². The van der Waals surface area contributed by atoms with Crippen molar-refractivity contribution in [3.63, 3.8) is 0 Å². The van der Waals surface area contributed by atoms with Gasteiger partial charge in [-0.1, -0.05) is 309 Å². The van der Waals surface area contributed by atoms with Crippen molar-refractivity contribution in [1.82, 2.24) is 5.32 Å². The Kier molecular flexibility index (Phi) is 51.7. The third kappa shape index (κ3) is 48.2. The lowest BCUT2D eigenvalue weighted by Gasteiger charge is -2.20. The van der Waals surface area contributed by atoms with E-state index in [0.717, 1.165) is 25.7 Å². The lowest BCUT2D eigenvalue weighted by atomic mass is 10.0. The van der Waals surface area contributed by atoms with Crippen LogP contribution in [0.25, 0.3) is 0 Å². The van der Waals surface area contributed by atoms with E-state index in [0.29, 0.717) is 6.42 Å². The molecular formula is C56H111NO3. The smallest absolute Gasteiger partial charge is 0.220 e. The summed E-state index contributed by atoms with van der Waals surface area (Å²) in [5.74, 6) is -0.0575. The largest absolute Gasteiger partial charge is 0.394 e. The fourth-order valence-corrected chi connectivity index (χ4v) is 9.01. The molecule has 0 aliphatic carbocycles. The average molecular weight is 847 g/mol. The predicted octanol–water partition coefficient (Wildman–Crippen LogP) is 18.1. The first-order chi connectivity index (χ1) is 29.7.